The molecule has 0 aliphatic carbocycles. The number of rotatable bonds is 7. The molecule has 0 spiro atoms. The normalized spacial score (nSPS) is 14.5. The lowest BCUT2D eigenvalue weighted by Crippen LogP contribution is -2.56. The maximum Gasteiger partial charge on any atom is 0.413 e. The van der Waals surface area contributed by atoms with Gasteiger partial charge in [-0.3, -0.25) is 9.48 Å². The number of nitrogens with zero attached hydrogens (tertiary/aromatic N) is 7. The summed E-state index contributed by atoms with van der Waals surface area (Å²) in [6.45, 7) is 3.74. The van der Waals surface area contributed by atoms with Crippen molar-refractivity contribution in [2.45, 2.75) is 19.5 Å². The lowest BCUT2D eigenvalue weighted by Gasteiger charge is -2.36. The molecule has 1 atom stereocenters. The van der Waals surface area contributed by atoms with Gasteiger partial charge in [-0.1, -0.05) is 11.6 Å². The van der Waals surface area contributed by atoms with Crippen LogP contribution in [0.15, 0.2) is 30.6 Å². The van der Waals surface area contributed by atoms with E-state index in [0.717, 1.165) is 17.4 Å². The largest absolute Gasteiger partial charge is 0.413 e. The number of benzene rings is 1. The molecule has 2 N–H and O–H groups in total. The number of ether oxygens (including phenoxy) is 1. The van der Waals surface area contributed by atoms with E-state index in [1.807, 2.05) is 30.9 Å². The lowest BCUT2D eigenvalue weighted by atomic mass is 10.0. The van der Waals surface area contributed by atoms with Gasteiger partial charge in [0.1, 0.15) is 17.4 Å². The number of halogens is 1. The van der Waals surface area contributed by atoms with Gasteiger partial charge in [0.2, 0.25) is 5.91 Å². The first-order valence-corrected chi connectivity index (χ1v) is 12.4. The Morgan fingerprint density at radius 1 is 1.37 bits per heavy atom. The predicted octanol–water partition coefficient (Wildman–Crippen LogP) is 2.65. The zero-order chi connectivity index (χ0) is 27.0. The van der Waals surface area contributed by atoms with E-state index >= 15 is 0 Å². The molecular formula is C25H26ClN9O3. The zero-order valence-electron chi connectivity index (χ0n) is 21.1. The monoisotopic (exact) mass is 535 g/mol. The SMILES string of the molecule is C[C@@H](NC(=O)Oc1c[nH]c2ncc(-c3nn(CCN(C)C)c4cc(Cl)ccc34)nc12)C(=O)N1CC(C#N)C1. The quantitative estimate of drug-likeness (QED) is 0.367. The maximum absolute atomic E-state index is 12.6. The number of carbonyl (C=O) groups is 2. The molecule has 1 aliphatic heterocycles. The molecule has 4 aromatic rings. The van der Waals surface area contributed by atoms with Crippen LogP contribution in [0.25, 0.3) is 33.5 Å². The third-order valence-corrected chi connectivity index (χ3v) is 6.58. The number of fused-ring (bicyclic) bond motifs is 2. The van der Waals surface area contributed by atoms with Crippen LogP contribution in [0.1, 0.15) is 6.92 Å². The van der Waals surface area contributed by atoms with Crippen LogP contribution in [-0.4, -0.2) is 86.3 Å². The van der Waals surface area contributed by atoms with Gasteiger partial charge in [-0.25, -0.2) is 14.8 Å². The fraction of sp³-hybridized carbons (Fsp3) is 0.360. The van der Waals surface area contributed by atoms with Crippen molar-refractivity contribution in [3.8, 4) is 23.2 Å². The second kappa shape index (κ2) is 10.3. The van der Waals surface area contributed by atoms with E-state index in [1.54, 1.807) is 19.2 Å². The molecule has 0 saturated carbocycles. The number of nitriles is 1. The van der Waals surface area contributed by atoms with Crippen LogP contribution in [0, 0.1) is 17.2 Å². The summed E-state index contributed by atoms with van der Waals surface area (Å²) < 4.78 is 7.36. The highest BCUT2D eigenvalue weighted by molar-refractivity contribution is 6.31. The van der Waals surface area contributed by atoms with Crippen LogP contribution in [0.5, 0.6) is 5.75 Å². The van der Waals surface area contributed by atoms with Gasteiger partial charge in [0, 0.05) is 36.2 Å². The lowest BCUT2D eigenvalue weighted by molar-refractivity contribution is -0.137. The summed E-state index contributed by atoms with van der Waals surface area (Å²) in [5.41, 5.74) is 2.80. The summed E-state index contributed by atoms with van der Waals surface area (Å²) in [6.07, 6.45) is 2.29. The number of hydrogen-bond donors (Lipinski definition) is 2. The summed E-state index contributed by atoms with van der Waals surface area (Å²) in [5.74, 6) is -0.267. The molecule has 38 heavy (non-hydrogen) atoms. The first-order chi connectivity index (χ1) is 18.2. The molecule has 12 nitrogen and oxygen atoms in total. The molecule has 5 rings (SSSR count). The van der Waals surface area contributed by atoms with E-state index in [-0.39, 0.29) is 17.6 Å². The molecule has 4 heterocycles. The van der Waals surface area contributed by atoms with Gasteiger partial charge in [0.05, 0.1) is 30.2 Å². The van der Waals surface area contributed by atoms with Gasteiger partial charge >= 0.3 is 6.09 Å². The number of hydrogen-bond acceptors (Lipinski definition) is 8. The number of nitrogens with one attached hydrogen (secondary N) is 2. The molecule has 196 valence electrons. The van der Waals surface area contributed by atoms with Crippen molar-refractivity contribution in [2.24, 2.45) is 5.92 Å². The minimum atomic E-state index is -0.807. The van der Waals surface area contributed by atoms with Gasteiger partial charge in [-0.05, 0) is 39.2 Å². The molecule has 13 heteroatoms. The molecule has 1 fully saturated rings. The topological polar surface area (TPSA) is 145 Å². The van der Waals surface area contributed by atoms with Crippen molar-refractivity contribution in [2.75, 3.05) is 33.7 Å². The molecule has 1 aromatic carbocycles. The van der Waals surface area contributed by atoms with E-state index in [0.29, 0.717) is 47.2 Å². The molecule has 1 saturated heterocycles. The summed E-state index contributed by atoms with van der Waals surface area (Å²) in [4.78, 5) is 40.7. The molecule has 2 amide bonds. The van der Waals surface area contributed by atoms with Gasteiger partial charge in [0.25, 0.3) is 0 Å². The fourth-order valence-corrected chi connectivity index (χ4v) is 4.41. The Kier molecular flexibility index (Phi) is 6.88. The highest BCUT2D eigenvalue weighted by atomic mass is 35.5. The van der Waals surface area contributed by atoms with Crippen LogP contribution in [0.3, 0.4) is 0 Å². The minimum Gasteiger partial charge on any atom is -0.406 e. The van der Waals surface area contributed by atoms with E-state index in [2.05, 4.69) is 26.3 Å². The first-order valence-electron chi connectivity index (χ1n) is 12.1. The standard InChI is InChI=1S/C25H26ClN9O3/c1-14(24(36)34-12-15(9-27)13-34)30-25(37)38-20-11-29-23-22(20)31-18(10-28-23)21-17-5-4-16(26)8-19(17)35(32-21)7-6-33(2)3/h4-5,8,10-11,14-15H,6-7,12-13H2,1-3H3,(H,28,29)(H,30,37)/t14-/m1/s1. The molecule has 0 radical (unpaired) electrons. The van der Waals surface area contributed by atoms with E-state index in [4.69, 9.17) is 31.7 Å². The van der Waals surface area contributed by atoms with Crippen LogP contribution >= 0.6 is 11.6 Å². The first kappa shape index (κ1) is 25.4. The second-order valence-electron chi connectivity index (χ2n) is 9.47. The third-order valence-electron chi connectivity index (χ3n) is 6.34. The van der Waals surface area contributed by atoms with E-state index < -0.39 is 12.1 Å². The summed E-state index contributed by atoms with van der Waals surface area (Å²) >= 11 is 6.26. The number of carbonyl (C=O) groups excluding carboxylic acids is 2. The van der Waals surface area contributed by atoms with E-state index in [1.165, 1.54) is 11.1 Å². The van der Waals surface area contributed by atoms with Crippen molar-refractivity contribution in [1.82, 2.24) is 39.8 Å². The maximum atomic E-state index is 12.6. The minimum absolute atomic E-state index is 0.162. The van der Waals surface area contributed by atoms with Crippen molar-refractivity contribution in [1.29, 1.82) is 5.26 Å². The Morgan fingerprint density at radius 3 is 2.89 bits per heavy atom. The number of H-pyrrole nitrogens is 1. The van der Waals surface area contributed by atoms with Crippen LogP contribution in [-0.2, 0) is 11.3 Å². The Hall–Kier alpha value is -4.21. The van der Waals surface area contributed by atoms with Crippen LogP contribution in [0.2, 0.25) is 5.02 Å². The average molecular weight is 536 g/mol. The highest BCUT2D eigenvalue weighted by Crippen LogP contribution is 2.31. The van der Waals surface area contributed by atoms with Gasteiger partial charge in [-0.2, -0.15) is 10.4 Å². The molecule has 0 unspecified atom stereocenters. The molecule has 3 aromatic heterocycles. The average Bonchev–Trinajstić information content (AvgIpc) is 3.42. The Bertz CT molecular complexity index is 1570. The molecular weight excluding hydrogens is 510 g/mol. The predicted molar refractivity (Wildman–Crippen MR) is 140 cm³/mol. The van der Waals surface area contributed by atoms with Crippen molar-refractivity contribution >= 4 is 45.7 Å². The second-order valence-corrected chi connectivity index (χ2v) is 9.90. The number of aromatic amines is 1. The van der Waals surface area contributed by atoms with Crippen LogP contribution < -0.4 is 10.1 Å². The number of likely N-dealkylation sites (tertiary alicyclic amines) is 1. The molecule has 1 aliphatic rings. The van der Waals surface area contributed by atoms with Crippen molar-refractivity contribution < 1.29 is 14.3 Å². The number of amides is 2. The van der Waals surface area contributed by atoms with Gasteiger partial charge < -0.3 is 24.8 Å². The number of likely N-dealkylation sites (N-methyl/N-ethyl adjacent to an activating group) is 1. The van der Waals surface area contributed by atoms with Crippen molar-refractivity contribution in [3.63, 3.8) is 0 Å². The number of aromatic nitrogens is 5. The zero-order valence-corrected chi connectivity index (χ0v) is 21.9. The Morgan fingerprint density at radius 2 is 2.16 bits per heavy atom. The van der Waals surface area contributed by atoms with Gasteiger partial charge in [-0.15, -0.1) is 0 Å². The highest BCUT2D eigenvalue weighted by Gasteiger charge is 2.33. The molecule has 0 bridgehead atoms. The fourth-order valence-electron chi connectivity index (χ4n) is 4.24. The smallest absolute Gasteiger partial charge is 0.406 e. The van der Waals surface area contributed by atoms with E-state index in [9.17, 15) is 9.59 Å². The summed E-state index contributed by atoms with van der Waals surface area (Å²) in [6, 6.07) is 6.88. The van der Waals surface area contributed by atoms with Crippen LogP contribution in [0.4, 0.5) is 4.79 Å². The Balaban J connectivity index is 1.37. The third kappa shape index (κ3) is 4.98. The van der Waals surface area contributed by atoms with Gasteiger partial charge in [0.15, 0.2) is 16.9 Å². The summed E-state index contributed by atoms with van der Waals surface area (Å²) in [7, 11) is 3.99. The van der Waals surface area contributed by atoms with Crippen molar-refractivity contribution in [3.05, 3.63) is 35.6 Å². The summed E-state index contributed by atoms with van der Waals surface area (Å²) in [5, 5.41) is 17.7. The Labute approximate surface area is 223 Å².